The standard InChI is InChI=1S/C15H30N2O/c1-13-3-5-14(6-4-13)7-8-16-11-15-12-17(2)9-10-18-15/h13-16H,3-12H2,1-2H3. The van der Waals surface area contributed by atoms with E-state index in [-0.39, 0.29) is 0 Å². The number of hydrogen-bond donors (Lipinski definition) is 1. The lowest BCUT2D eigenvalue weighted by molar-refractivity contribution is -0.0181. The summed E-state index contributed by atoms with van der Waals surface area (Å²) >= 11 is 0. The lowest BCUT2D eigenvalue weighted by Gasteiger charge is -2.30. The van der Waals surface area contributed by atoms with E-state index < -0.39 is 0 Å². The van der Waals surface area contributed by atoms with Gasteiger partial charge in [-0.05, 0) is 31.8 Å². The van der Waals surface area contributed by atoms with Crippen molar-refractivity contribution >= 4 is 0 Å². The highest BCUT2D eigenvalue weighted by Gasteiger charge is 2.19. The summed E-state index contributed by atoms with van der Waals surface area (Å²) in [5, 5.41) is 3.58. The first-order valence-corrected chi connectivity index (χ1v) is 7.75. The highest BCUT2D eigenvalue weighted by molar-refractivity contribution is 4.73. The maximum atomic E-state index is 5.75. The maximum Gasteiger partial charge on any atom is 0.0826 e. The summed E-state index contributed by atoms with van der Waals surface area (Å²) in [4.78, 5) is 2.36. The molecule has 106 valence electrons. The number of nitrogens with one attached hydrogen (secondary N) is 1. The predicted octanol–water partition coefficient (Wildman–Crippen LogP) is 2.12. The molecule has 3 heteroatoms. The van der Waals surface area contributed by atoms with E-state index in [1.54, 1.807) is 0 Å². The maximum absolute atomic E-state index is 5.75. The second-order valence-electron chi connectivity index (χ2n) is 6.37. The van der Waals surface area contributed by atoms with Gasteiger partial charge in [0.1, 0.15) is 0 Å². The molecule has 1 saturated carbocycles. The molecule has 0 aromatic carbocycles. The molecule has 0 aromatic rings. The topological polar surface area (TPSA) is 24.5 Å². The molecule has 1 heterocycles. The minimum absolute atomic E-state index is 0.398. The van der Waals surface area contributed by atoms with Crippen LogP contribution in [0.3, 0.4) is 0 Å². The van der Waals surface area contributed by atoms with Crippen LogP contribution in [0.25, 0.3) is 0 Å². The van der Waals surface area contributed by atoms with E-state index >= 15 is 0 Å². The van der Waals surface area contributed by atoms with E-state index in [1.807, 2.05) is 0 Å². The molecule has 1 aliphatic carbocycles. The molecule has 0 spiro atoms. The third kappa shape index (κ3) is 4.87. The quantitative estimate of drug-likeness (QED) is 0.761. The van der Waals surface area contributed by atoms with Gasteiger partial charge in [-0.2, -0.15) is 0 Å². The van der Waals surface area contributed by atoms with Crippen molar-refractivity contribution in [3.63, 3.8) is 0 Å². The van der Waals surface area contributed by atoms with Crippen molar-refractivity contribution in [1.82, 2.24) is 10.2 Å². The molecule has 1 saturated heterocycles. The van der Waals surface area contributed by atoms with Gasteiger partial charge in [0.05, 0.1) is 12.7 Å². The number of nitrogens with zero attached hydrogens (tertiary/aromatic N) is 1. The van der Waals surface area contributed by atoms with Gasteiger partial charge in [0.25, 0.3) is 0 Å². The van der Waals surface area contributed by atoms with E-state index in [9.17, 15) is 0 Å². The van der Waals surface area contributed by atoms with Gasteiger partial charge < -0.3 is 15.0 Å². The van der Waals surface area contributed by atoms with E-state index in [1.165, 1.54) is 38.6 Å². The van der Waals surface area contributed by atoms with Crippen LogP contribution in [0.1, 0.15) is 39.0 Å². The molecular weight excluding hydrogens is 224 g/mol. The van der Waals surface area contributed by atoms with Crippen LogP contribution in [0.5, 0.6) is 0 Å². The zero-order valence-corrected chi connectivity index (χ0v) is 12.2. The van der Waals surface area contributed by atoms with Gasteiger partial charge in [0.2, 0.25) is 0 Å². The molecule has 0 aromatic heterocycles. The number of morpholine rings is 1. The minimum atomic E-state index is 0.398. The number of rotatable bonds is 5. The Hall–Kier alpha value is -0.120. The predicted molar refractivity (Wildman–Crippen MR) is 75.8 cm³/mol. The van der Waals surface area contributed by atoms with Crippen molar-refractivity contribution in [2.45, 2.75) is 45.1 Å². The monoisotopic (exact) mass is 254 g/mol. The lowest BCUT2D eigenvalue weighted by atomic mass is 9.81. The SMILES string of the molecule is CC1CCC(CCNCC2CN(C)CCO2)CC1. The Morgan fingerprint density at radius 2 is 2.00 bits per heavy atom. The first-order chi connectivity index (χ1) is 8.74. The Kier molecular flexibility index (Phi) is 5.93. The van der Waals surface area contributed by atoms with Crippen LogP contribution in [0.2, 0.25) is 0 Å². The number of ether oxygens (including phenoxy) is 1. The third-order valence-electron chi connectivity index (χ3n) is 4.58. The first kappa shape index (κ1) is 14.3. The third-order valence-corrected chi connectivity index (χ3v) is 4.58. The molecule has 2 fully saturated rings. The molecule has 2 rings (SSSR count). The van der Waals surface area contributed by atoms with Crippen molar-refractivity contribution in [3.05, 3.63) is 0 Å². The molecule has 18 heavy (non-hydrogen) atoms. The molecule has 1 unspecified atom stereocenters. The van der Waals surface area contributed by atoms with Crippen molar-refractivity contribution in [3.8, 4) is 0 Å². The fourth-order valence-electron chi connectivity index (χ4n) is 3.18. The fraction of sp³-hybridized carbons (Fsp3) is 1.00. The molecular formula is C15H30N2O. The summed E-state index contributed by atoms with van der Waals surface area (Å²) in [6, 6.07) is 0. The van der Waals surface area contributed by atoms with Crippen LogP contribution in [-0.4, -0.2) is 50.8 Å². The van der Waals surface area contributed by atoms with Crippen LogP contribution in [0.4, 0.5) is 0 Å². The minimum Gasteiger partial charge on any atom is -0.374 e. The molecule has 0 amide bonds. The van der Waals surface area contributed by atoms with Gasteiger partial charge in [-0.25, -0.2) is 0 Å². The first-order valence-electron chi connectivity index (χ1n) is 7.75. The van der Waals surface area contributed by atoms with Gasteiger partial charge in [0, 0.05) is 19.6 Å². The number of hydrogen-bond acceptors (Lipinski definition) is 3. The largest absolute Gasteiger partial charge is 0.374 e. The van der Waals surface area contributed by atoms with Crippen molar-refractivity contribution < 1.29 is 4.74 Å². The fourth-order valence-corrected chi connectivity index (χ4v) is 3.18. The average molecular weight is 254 g/mol. The van der Waals surface area contributed by atoms with Gasteiger partial charge in [-0.1, -0.05) is 32.6 Å². The Morgan fingerprint density at radius 1 is 1.22 bits per heavy atom. The Balaban J connectivity index is 1.50. The van der Waals surface area contributed by atoms with Crippen LogP contribution >= 0.6 is 0 Å². The van der Waals surface area contributed by atoms with Crippen LogP contribution in [0, 0.1) is 11.8 Å². The van der Waals surface area contributed by atoms with Gasteiger partial charge in [0.15, 0.2) is 0 Å². The molecule has 1 aliphatic heterocycles. The van der Waals surface area contributed by atoms with Gasteiger partial charge >= 0.3 is 0 Å². The molecule has 2 aliphatic rings. The summed E-state index contributed by atoms with van der Waals surface area (Å²) in [6.07, 6.45) is 7.55. The van der Waals surface area contributed by atoms with Crippen LogP contribution in [-0.2, 0) is 4.74 Å². The summed E-state index contributed by atoms with van der Waals surface area (Å²) in [5.41, 5.74) is 0. The molecule has 3 nitrogen and oxygen atoms in total. The van der Waals surface area contributed by atoms with Crippen molar-refractivity contribution in [1.29, 1.82) is 0 Å². The Morgan fingerprint density at radius 3 is 2.72 bits per heavy atom. The highest BCUT2D eigenvalue weighted by Crippen LogP contribution is 2.29. The zero-order valence-electron chi connectivity index (χ0n) is 12.2. The average Bonchev–Trinajstić information content (AvgIpc) is 2.37. The smallest absolute Gasteiger partial charge is 0.0826 e. The summed E-state index contributed by atoms with van der Waals surface area (Å²) in [6.45, 7) is 7.63. The lowest BCUT2D eigenvalue weighted by Crippen LogP contribution is -2.45. The van der Waals surface area contributed by atoms with Crippen LogP contribution in [0.15, 0.2) is 0 Å². The molecule has 0 bridgehead atoms. The van der Waals surface area contributed by atoms with Crippen molar-refractivity contribution in [2.24, 2.45) is 11.8 Å². The van der Waals surface area contributed by atoms with E-state index in [4.69, 9.17) is 4.74 Å². The summed E-state index contributed by atoms with van der Waals surface area (Å²) in [5.74, 6) is 1.95. The molecule has 1 N–H and O–H groups in total. The second kappa shape index (κ2) is 7.46. The van der Waals surface area contributed by atoms with Gasteiger partial charge in [-0.15, -0.1) is 0 Å². The van der Waals surface area contributed by atoms with E-state index in [2.05, 4.69) is 24.2 Å². The highest BCUT2D eigenvalue weighted by atomic mass is 16.5. The molecule has 0 radical (unpaired) electrons. The van der Waals surface area contributed by atoms with Crippen LogP contribution < -0.4 is 5.32 Å². The Labute approximate surface area is 112 Å². The van der Waals surface area contributed by atoms with Gasteiger partial charge in [-0.3, -0.25) is 0 Å². The molecule has 1 atom stereocenters. The second-order valence-corrected chi connectivity index (χ2v) is 6.37. The van der Waals surface area contributed by atoms with E-state index in [0.717, 1.165) is 38.1 Å². The number of likely N-dealkylation sites (N-methyl/N-ethyl adjacent to an activating group) is 1. The zero-order chi connectivity index (χ0) is 12.8. The summed E-state index contributed by atoms with van der Waals surface area (Å²) < 4.78 is 5.75. The normalized spacial score (nSPS) is 34.7. The van der Waals surface area contributed by atoms with E-state index in [0.29, 0.717) is 6.10 Å². The Bertz CT molecular complexity index is 227. The van der Waals surface area contributed by atoms with Crippen molar-refractivity contribution in [2.75, 3.05) is 39.8 Å². The summed E-state index contributed by atoms with van der Waals surface area (Å²) in [7, 11) is 2.18.